The van der Waals surface area contributed by atoms with E-state index in [0.717, 1.165) is 5.56 Å². The first-order chi connectivity index (χ1) is 10.1. The molecule has 0 aliphatic carbocycles. The number of Topliss-reactive ketones (excluding diaryl/α,β-unsaturated/α-hetero) is 1. The van der Waals surface area contributed by atoms with Crippen molar-refractivity contribution in [3.63, 3.8) is 0 Å². The number of nitrogens with one attached hydrogen (secondary N) is 1. The quantitative estimate of drug-likeness (QED) is 0.748. The number of carbonyl (C=O) groups is 1. The molecule has 2 aromatic heterocycles. The van der Waals surface area contributed by atoms with E-state index >= 15 is 0 Å². The number of rotatable bonds is 3. The van der Waals surface area contributed by atoms with Crippen LogP contribution in [0.25, 0.3) is 5.65 Å². The normalized spacial score (nSPS) is 11.0. The van der Waals surface area contributed by atoms with E-state index in [1.165, 1.54) is 17.6 Å². The van der Waals surface area contributed by atoms with Crippen molar-refractivity contribution in [2.24, 2.45) is 0 Å². The Morgan fingerprint density at radius 2 is 2.00 bits per heavy atom. The second-order valence-electron chi connectivity index (χ2n) is 5.05. The molecule has 2 heterocycles. The van der Waals surface area contributed by atoms with E-state index in [2.05, 4.69) is 10.1 Å². The van der Waals surface area contributed by atoms with Crippen LogP contribution in [0.1, 0.15) is 34.1 Å². The molecule has 0 saturated heterocycles. The van der Waals surface area contributed by atoms with Crippen LogP contribution >= 0.6 is 0 Å². The first kappa shape index (κ1) is 13.3. The number of benzene rings is 1. The van der Waals surface area contributed by atoms with Crippen molar-refractivity contribution in [3.8, 4) is 0 Å². The number of H-pyrrole nitrogens is 1. The molecule has 21 heavy (non-hydrogen) atoms. The van der Waals surface area contributed by atoms with Gasteiger partial charge in [-0.1, -0.05) is 30.3 Å². The minimum atomic E-state index is -0.158. The minimum Gasteiger partial charge on any atom is -0.296 e. The minimum absolute atomic E-state index is 0.115. The molecule has 0 spiro atoms. The van der Waals surface area contributed by atoms with Gasteiger partial charge in [-0.05, 0) is 19.4 Å². The molecule has 0 aliphatic rings. The second-order valence-corrected chi connectivity index (χ2v) is 5.05. The molecular weight excluding hydrogens is 266 g/mol. The van der Waals surface area contributed by atoms with Gasteiger partial charge in [0.1, 0.15) is 0 Å². The van der Waals surface area contributed by atoms with Crippen LogP contribution in [-0.4, -0.2) is 20.4 Å². The van der Waals surface area contributed by atoms with Gasteiger partial charge in [0.05, 0.1) is 5.56 Å². The number of nitrogens with zero attached hydrogens (tertiary/aromatic N) is 2. The summed E-state index contributed by atoms with van der Waals surface area (Å²) in [7, 11) is 0. The predicted molar refractivity (Wildman–Crippen MR) is 79.8 cm³/mol. The highest BCUT2D eigenvalue weighted by atomic mass is 16.1. The summed E-state index contributed by atoms with van der Waals surface area (Å²) in [5.74, 6) is -0.115. The van der Waals surface area contributed by atoms with E-state index in [4.69, 9.17) is 0 Å². The fourth-order valence-corrected chi connectivity index (χ4v) is 2.42. The maximum absolute atomic E-state index is 12.6. The molecule has 5 heteroatoms. The van der Waals surface area contributed by atoms with Crippen LogP contribution in [-0.2, 0) is 6.42 Å². The molecule has 0 amide bonds. The van der Waals surface area contributed by atoms with Crippen molar-refractivity contribution in [2.45, 2.75) is 20.3 Å². The number of carbonyl (C=O) groups excluding carboxylic acids is 1. The largest absolute Gasteiger partial charge is 0.296 e. The average molecular weight is 281 g/mol. The fraction of sp³-hybridized carbons (Fsp3) is 0.188. The molecule has 0 radical (unpaired) electrons. The summed E-state index contributed by atoms with van der Waals surface area (Å²) in [6.45, 7) is 3.26. The molecule has 1 aromatic carbocycles. The van der Waals surface area contributed by atoms with Crippen LogP contribution < -0.4 is 5.56 Å². The highest BCUT2D eigenvalue weighted by molar-refractivity contribution is 5.99. The molecule has 0 saturated carbocycles. The lowest BCUT2D eigenvalue weighted by Gasteiger charge is -2.06. The van der Waals surface area contributed by atoms with E-state index in [1.54, 1.807) is 6.92 Å². The third-order valence-electron chi connectivity index (χ3n) is 3.57. The van der Waals surface area contributed by atoms with E-state index in [9.17, 15) is 9.59 Å². The number of aryl methyl sites for hydroxylation is 1. The van der Waals surface area contributed by atoms with Crippen molar-refractivity contribution in [2.75, 3.05) is 0 Å². The summed E-state index contributed by atoms with van der Waals surface area (Å²) in [6.07, 6.45) is 2.05. The zero-order valence-electron chi connectivity index (χ0n) is 11.9. The number of hydrogen-bond donors (Lipinski definition) is 1. The van der Waals surface area contributed by atoms with Gasteiger partial charge in [0.15, 0.2) is 11.4 Å². The molecule has 0 aliphatic heterocycles. The Kier molecular flexibility index (Phi) is 3.17. The second kappa shape index (κ2) is 5.01. The van der Waals surface area contributed by atoms with Crippen molar-refractivity contribution in [3.05, 3.63) is 69.3 Å². The third kappa shape index (κ3) is 2.27. The standard InChI is InChI=1S/C16H15N3O2/c1-10-13(8-12-6-4-3-5-7-12)16(21)19-15(18-10)14(9-17-19)11(2)20/h3-7,9,17H,8H2,1-2H3. The van der Waals surface area contributed by atoms with E-state index in [-0.39, 0.29) is 11.3 Å². The van der Waals surface area contributed by atoms with Crippen LogP contribution in [0.5, 0.6) is 0 Å². The zero-order chi connectivity index (χ0) is 15.0. The molecule has 5 nitrogen and oxygen atoms in total. The van der Waals surface area contributed by atoms with Gasteiger partial charge in [-0.2, -0.15) is 0 Å². The third-order valence-corrected chi connectivity index (χ3v) is 3.57. The SMILES string of the molecule is CC(=O)c1c[nH]n2c(=O)c(Cc3ccccc3)c(C)nc12. The zero-order valence-corrected chi connectivity index (χ0v) is 11.9. The topological polar surface area (TPSA) is 67.2 Å². The Hall–Kier alpha value is -2.69. The monoisotopic (exact) mass is 281 g/mol. The first-order valence-electron chi connectivity index (χ1n) is 6.72. The number of ketones is 1. The summed E-state index contributed by atoms with van der Waals surface area (Å²) >= 11 is 0. The number of hydrogen-bond acceptors (Lipinski definition) is 3. The van der Waals surface area contributed by atoms with Crippen molar-refractivity contribution in [1.29, 1.82) is 0 Å². The van der Waals surface area contributed by atoms with E-state index in [0.29, 0.717) is 28.9 Å². The smallest absolute Gasteiger partial charge is 0.276 e. The lowest BCUT2D eigenvalue weighted by molar-refractivity contribution is 0.101. The van der Waals surface area contributed by atoms with Gasteiger partial charge in [-0.3, -0.25) is 14.7 Å². The Morgan fingerprint density at radius 3 is 2.67 bits per heavy atom. The highest BCUT2D eigenvalue weighted by Gasteiger charge is 2.15. The molecule has 0 bridgehead atoms. The van der Waals surface area contributed by atoms with E-state index in [1.807, 2.05) is 30.3 Å². The lowest BCUT2D eigenvalue weighted by Crippen LogP contribution is -2.22. The summed E-state index contributed by atoms with van der Waals surface area (Å²) < 4.78 is 1.34. The number of fused-ring (bicyclic) bond motifs is 1. The van der Waals surface area contributed by atoms with Crippen LogP contribution in [0.2, 0.25) is 0 Å². The average Bonchev–Trinajstić information content (AvgIpc) is 2.88. The Bertz CT molecular complexity index is 876. The molecule has 0 atom stereocenters. The Morgan fingerprint density at radius 1 is 1.29 bits per heavy atom. The molecular formula is C16H15N3O2. The van der Waals surface area contributed by atoms with Crippen molar-refractivity contribution < 1.29 is 4.79 Å². The van der Waals surface area contributed by atoms with Gasteiger partial charge in [-0.15, -0.1) is 0 Å². The fourth-order valence-electron chi connectivity index (χ4n) is 2.42. The summed E-state index contributed by atoms with van der Waals surface area (Å²) in [5.41, 5.74) is 3.01. The summed E-state index contributed by atoms with van der Waals surface area (Å²) in [5, 5.41) is 2.81. The van der Waals surface area contributed by atoms with Crippen LogP contribution in [0, 0.1) is 6.92 Å². The van der Waals surface area contributed by atoms with Gasteiger partial charge in [0, 0.05) is 23.9 Å². The molecule has 1 N–H and O–H groups in total. The maximum Gasteiger partial charge on any atom is 0.276 e. The Labute approximate surface area is 121 Å². The van der Waals surface area contributed by atoms with Crippen molar-refractivity contribution in [1.82, 2.24) is 14.6 Å². The van der Waals surface area contributed by atoms with Gasteiger partial charge >= 0.3 is 0 Å². The van der Waals surface area contributed by atoms with Crippen LogP contribution in [0.4, 0.5) is 0 Å². The van der Waals surface area contributed by atoms with E-state index < -0.39 is 0 Å². The molecule has 106 valence electrons. The van der Waals surface area contributed by atoms with Crippen LogP contribution in [0.15, 0.2) is 41.3 Å². The molecule has 3 aromatic rings. The highest BCUT2D eigenvalue weighted by Crippen LogP contribution is 2.12. The lowest BCUT2D eigenvalue weighted by atomic mass is 10.1. The van der Waals surface area contributed by atoms with Crippen LogP contribution in [0.3, 0.4) is 0 Å². The molecule has 3 rings (SSSR count). The van der Waals surface area contributed by atoms with Gasteiger partial charge in [0.25, 0.3) is 5.56 Å². The first-order valence-corrected chi connectivity index (χ1v) is 6.72. The predicted octanol–water partition coefficient (Wildman–Crippen LogP) is 2.12. The van der Waals surface area contributed by atoms with Crippen molar-refractivity contribution >= 4 is 11.4 Å². The number of aromatic amines is 1. The van der Waals surface area contributed by atoms with Gasteiger partial charge in [-0.25, -0.2) is 9.50 Å². The molecule has 0 unspecified atom stereocenters. The Balaban J connectivity index is 2.17. The summed E-state index contributed by atoms with van der Waals surface area (Å²) in [4.78, 5) is 28.5. The number of aromatic nitrogens is 3. The summed E-state index contributed by atoms with van der Waals surface area (Å²) in [6, 6.07) is 9.77. The van der Waals surface area contributed by atoms with Gasteiger partial charge in [0.2, 0.25) is 0 Å². The molecule has 0 fully saturated rings. The maximum atomic E-state index is 12.6. The van der Waals surface area contributed by atoms with Gasteiger partial charge < -0.3 is 0 Å².